The molecule has 1 N–H and O–H groups in total. The van der Waals surface area contributed by atoms with Crippen molar-refractivity contribution < 1.29 is 45.4 Å². The van der Waals surface area contributed by atoms with Gasteiger partial charge < -0.3 is 14.6 Å². The van der Waals surface area contributed by atoms with Crippen molar-refractivity contribution in [1.29, 1.82) is 0 Å². The van der Waals surface area contributed by atoms with E-state index in [4.69, 9.17) is 4.74 Å². The highest BCUT2D eigenvalue weighted by Gasteiger charge is 2.62. The smallest absolute Gasteiger partial charge is 0.387 e. The van der Waals surface area contributed by atoms with Crippen LogP contribution < -0.4 is 13.8 Å². The number of aliphatic carboxylic acids is 1. The third kappa shape index (κ3) is 4.67. The molecule has 2 aliphatic carbocycles. The maximum absolute atomic E-state index is 14.3. The second-order valence-electron chi connectivity index (χ2n) is 11.0. The number of hydrogen-bond acceptors (Lipinski definition) is 5. The second-order valence-corrected chi connectivity index (χ2v) is 12.8. The predicted molar refractivity (Wildman–Crippen MR) is 139 cm³/mol. The van der Waals surface area contributed by atoms with Crippen molar-refractivity contribution in [3.63, 3.8) is 0 Å². The van der Waals surface area contributed by atoms with Crippen molar-refractivity contribution in [1.82, 2.24) is 0 Å². The minimum absolute atomic E-state index is 0.126. The predicted octanol–water partition coefficient (Wildman–Crippen LogP) is 6.22. The third-order valence-electron chi connectivity index (χ3n) is 8.69. The number of carboxylic acids is 1. The SMILES string of the molecule is O=C(O)C12CCC([C@H]3CN(S(=O)(=O)c4ccc(F)cc4)c4cc(-c5cc(F)cc(OC(F)F)c5)ccc4O3)(CC1)C2. The number of carbonyl (C=O) groups is 1. The zero-order valence-electron chi connectivity index (χ0n) is 21.5. The van der Waals surface area contributed by atoms with Gasteiger partial charge in [0.05, 0.1) is 22.5 Å². The van der Waals surface area contributed by atoms with E-state index in [-0.39, 0.29) is 28.4 Å². The van der Waals surface area contributed by atoms with Gasteiger partial charge in [0.2, 0.25) is 0 Å². The van der Waals surface area contributed by atoms with Gasteiger partial charge in [-0.1, -0.05) is 6.07 Å². The first-order valence-corrected chi connectivity index (χ1v) is 14.4. The number of halogens is 4. The van der Waals surface area contributed by atoms with E-state index in [1.54, 1.807) is 6.07 Å². The first kappa shape index (κ1) is 27.4. The normalized spacial score (nSPS) is 25.2. The first-order chi connectivity index (χ1) is 19.4. The van der Waals surface area contributed by atoms with Gasteiger partial charge in [0.1, 0.15) is 29.2 Å². The number of fused-ring (bicyclic) bond motifs is 3. The van der Waals surface area contributed by atoms with E-state index in [1.165, 1.54) is 18.2 Å². The molecule has 6 rings (SSSR count). The first-order valence-electron chi connectivity index (χ1n) is 13.0. The molecule has 41 heavy (non-hydrogen) atoms. The molecule has 2 bridgehead atoms. The Hall–Kier alpha value is -3.80. The summed E-state index contributed by atoms with van der Waals surface area (Å²) in [6, 6.07) is 12.0. The highest BCUT2D eigenvalue weighted by Crippen LogP contribution is 2.64. The van der Waals surface area contributed by atoms with E-state index in [2.05, 4.69) is 4.74 Å². The van der Waals surface area contributed by atoms with E-state index in [0.29, 0.717) is 37.7 Å². The van der Waals surface area contributed by atoms with Crippen LogP contribution in [0.3, 0.4) is 0 Å². The van der Waals surface area contributed by atoms with Crippen molar-refractivity contribution in [2.45, 2.75) is 49.7 Å². The van der Waals surface area contributed by atoms with Crippen LogP contribution in [0.2, 0.25) is 0 Å². The van der Waals surface area contributed by atoms with E-state index in [1.807, 2.05) is 0 Å². The van der Waals surface area contributed by atoms with E-state index in [9.17, 15) is 35.9 Å². The van der Waals surface area contributed by atoms with Gasteiger partial charge in [0.15, 0.2) is 0 Å². The van der Waals surface area contributed by atoms with Gasteiger partial charge in [-0.05, 0) is 91.8 Å². The molecule has 7 nitrogen and oxygen atoms in total. The molecule has 2 saturated carbocycles. The van der Waals surface area contributed by atoms with Crippen molar-refractivity contribution in [2.75, 3.05) is 10.8 Å². The number of benzene rings is 3. The van der Waals surface area contributed by atoms with Gasteiger partial charge in [0, 0.05) is 11.5 Å². The summed E-state index contributed by atoms with van der Waals surface area (Å²) >= 11 is 0. The van der Waals surface area contributed by atoms with Gasteiger partial charge in [-0.3, -0.25) is 9.10 Å². The standard InChI is InChI=1S/C29H25F4NO6S/c30-19-2-4-22(5-3-19)41(37,38)34-15-25(28-7-9-29(16-28,10-8-28)26(35)36)40-24-6-1-17(13-23(24)34)18-11-20(31)14-21(12-18)39-27(32)33/h1-6,11-14,25,27H,7-10,15-16H2,(H,35,36)/t25-,28?,29?/m1/s1. The van der Waals surface area contributed by atoms with Crippen LogP contribution >= 0.6 is 0 Å². The van der Waals surface area contributed by atoms with Crippen LogP contribution in [0.25, 0.3) is 11.1 Å². The van der Waals surface area contributed by atoms with Gasteiger partial charge >= 0.3 is 12.6 Å². The van der Waals surface area contributed by atoms with Gasteiger partial charge in [-0.15, -0.1) is 0 Å². The largest absolute Gasteiger partial charge is 0.486 e. The third-order valence-corrected chi connectivity index (χ3v) is 10.5. The maximum Gasteiger partial charge on any atom is 0.387 e. The Kier molecular flexibility index (Phi) is 6.44. The molecule has 1 atom stereocenters. The number of hydrogen-bond donors (Lipinski definition) is 1. The minimum atomic E-state index is -4.27. The molecule has 12 heteroatoms. The van der Waals surface area contributed by atoms with Crippen molar-refractivity contribution in [3.05, 3.63) is 72.3 Å². The summed E-state index contributed by atoms with van der Waals surface area (Å²) in [6.45, 7) is -3.30. The molecule has 2 fully saturated rings. The lowest BCUT2D eigenvalue weighted by molar-refractivity contribution is -0.148. The molecule has 1 aliphatic heterocycles. The average molecular weight is 592 g/mol. The monoisotopic (exact) mass is 591 g/mol. The number of carboxylic acid groups (broad SMARTS) is 1. The van der Waals surface area contributed by atoms with Crippen LogP contribution in [0.15, 0.2) is 65.6 Å². The summed E-state index contributed by atoms with van der Waals surface area (Å²) in [5.41, 5.74) is -0.797. The van der Waals surface area contributed by atoms with Crippen LogP contribution in [0.1, 0.15) is 32.1 Å². The van der Waals surface area contributed by atoms with E-state index < -0.39 is 56.9 Å². The van der Waals surface area contributed by atoms with Gasteiger partial charge in [0.25, 0.3) is 10.0 Å². The molecule has 0 radical (unpaired) electrons. The highest BCUT2D eigenvalue weighted by molar-refractivity contribution is 7.92. The number of rotatable bonds is 7. The molecule has 1 heterocycles. The lowest BCUT2D eigenvalue weighted by atomic mass is 9.78. The second kappa shape index (κ2) is 9.64. The molecule has 0 aromatic heterocycles. The Balaban J connectivity index is 1.44. The van der Waals surface area contributed by atoms with Crippen LogP contribution in [0, 0.1) is 22.5 Å². The lowest BCUT2D eigenvalue weighted by Crippen LogP contribution is -2.50. The molecule has 3 aromatic carbocycles. The Morgan fingerprint density at radius 2 is 1.66 bits per heavy atom. The molecule has 3 aromatic rings. The van der Waals surface area contributed by atoms with Crippen molar-refractivity contribution in [2.24, 2.45) is 10.8 Å². The summed E-state index contributed by atoms with van der Waals surface area (Å²) in [5, 5.41) is 9.88. The summed E-state index contributed by atoms with van der Waals surface area (Å²) in [4.78, 5) is 11.9. The fourth-order valence-corrected chi connectivity index (χ4v) is 8.06. The van der Waals surface area contributed by atoms with Crippen LogP contribution in [0.4, 0.5) is 23.2 Å². The van der Waals surface area contributed by atoms with Crippen LogP contribution in [-0.4, -0.2) is 38.8 Å². The number of ether oxygens (including phenoxy) is 2. The minimum Gasteiger partial charge on any atom is -0.486 e. The number of alkyl halides is 2. The average Bonchev–Trinajstić information content (AvgIpc) is 3.51. The van der Waals surface area contributed by atoms with Crippen LogP contribution in [0.5, 0.6) is 11.5 Å². The lowest BCUT2D eigenvalue weighted by Gasteiger charge is -2.43. The summed E-state index contributed by atoms with van der Waals surface area (Å²) < 4.78 is 93.3. The van der Waals surface area contributed by atoms with Gasteiger partial charge in [-0.25, -0.2) is 17.2 Å². The molecular formula is C29H25F4NO6S. The Bertz CT molecular complexity index is 1620. The summed E-state index contributed by atoms with van der Waals surface area (Å²) in [5.74, 6) is -2.49. The molecule has 0 saturated heterocycles. The topological polar surface area (TPSA) is 93.1 Å². The van der Waals surface area contributed by atoms with E-state index in [0.717, 1.165) is 40.7 Å². The quantitative estimate of drug-likeness (QED) is 0.328. The Morgan fingerprint density at radius 1 is 0.951 bits per heavy atom. The number of nitrogens with zero attached hydrogens (tertiary/aromatic N) is 1. The highest BCUT2D eigenvalue weighted by atomic mass is 32.2. The summed E-state index contributed by atoms with van der Waals surface area (Å²) in [7, 11) is -4.27. The molecule has 0 amide bonds. The van der Waals surface area contributed by atoms with Gasteiger partial charge in [-0.2, -0.15) is 8.78 Å². The van der Waals surface area contributed by atoms with Crippen molar-refractivity contribution >= 4 is 21.7 Å². The summed E-state index contributed by atoms with van der Waals surface area (Å²) in [6.07, 6.45) is 1.80. The van der Waals surface area contributed by atoms with Crippen molar-refractivity contribution in [3.8, 4) is 22.6 Å². The molecule has 0 spiro atoms. The molecular weight excluding hydrogens is 566 g/mol. The van der Waals surface area contributed by atoms with Crippen LogP contribution in [-0.2, 0) is 14.8 Å². The maximum atomic E-state index is 14.3. The molecule has 3 aliphatic rings. The zero-order valence-corrected chi connectivity index (χ0v) is 22.3. The number of anilines is 1. The Labute approximate surface area is 233 Å². The molecule has 216 valence electrons. The number of sulfonamides is 1. The fourth-order valence-electron chi connectivity index (χ4n) is 6.59. The van der Waals surface area contributed by atoms with E-state index >= 15 is 0 Å². The Morgan fingerprint density at radius 3 is 2.29 bits per heavy atom. The zero-order chi connectivity index (χ0) is 29.2. The fraction of sp³-hybridized carbons (Fsp3) is 0.345. The molecule has 0 unspecified atom stereocenters.